The highest BCUT2D eigenvalue weighted by Crippen LogP contribution is 2.22. The number of fused-ring (bicyclic) bond motifs is 1. The molecular formula is C16H32IN5O2. The average molecular weight is 453 g/mol. The molecule has 2 unspecified atom stereocenters. The Morgan fingerprint density at radius 2 is 2.08 bits per heavy atom. The number of aliphatic imine (C=N–C) groups is 1. The highest BCUT2D eigenvalue weighted by molar-refractivity contribution is 14.0. The van der Waals surface area contributed by atoms with E-state index < -0.39 is 0 Å². The topological polar surface area (TPSA) is 78.0 Å². The third kappa shape index (κ3) is 7.10. The summed E-state index contributed by atoms with van der Waals surface area (Å²) in [5, 5.41) is 9.19. The summed E-state index contributed by atoms with van der Waals surface area (Å²) in [7, 11) is 1.70. The Bertz CT molecular complexity index is 439. The molecule has 2 atom stereocenters. The van der Waals surface area contributed by atoms with Crippen LogP contribution in [0.5, 0.6) is 0 Å². The number of rotatable bonds is 4. The van der Waals surface area contributed by atoms with E-state index in [9.17, 15) is 4.79 Å². The van der Waals surface area contributed by atoms with Gasteiger partial charge < -0.3 is 20.7 Å². The molecule has 2 saturated heterocycles. The Balaban J connectivity index is 0.00000288. The molecular weight excluding hydrogens is 421 g/mol. The Hall–Kier alpha value is -0.610. The zero-order valence-corrected chi connectivity index (χ0v) is 17.6. The van der Waals surface area contributed by atoms with Crippen LogP contribution >= 0.6 is 24.0 Å². The maximum atomic E-state index is 11.8. The molecule has 7 nitrogen and oxygen atoms in total. The molecule has 0 radical (unpaired) electrons. The van der Waals surface area contributed by atoms with Crippen LogP contribution in [-0.2, 0) is 9.53 Å². The third-order valence-electron chi connectivity index (χ3n) is 4.11. The van der Waals surface area contributed by atoms with Crippen molar-refractivity contribution in [1.82, 2.24) is 20.9 Å². The fourth-order valence-electron chi connectivity index (χ4n) is 3.07. The van der Waals surface area contributed by atoms with Crippen molar-refractivity contribution in [3.63, 3.8) is 0 Å². The number of nitrogens with zero attached hydrogens (tertiary/aromatic N) is 2. The number of nitrogens with one attached hydrogen (secondary N) is 3. The summed E-state index contributed by atoms with van der Waals surface area (Å²) >= 11 is 0. The maximum absolute atomic E-state index is 11.8. The molecule has 2 rings (SSSR count). The standard InChI is InChI=1S/C16H31N5O2.HI/c1-16(2,3)20-14(22)9-19-15(17-4)18-8-13-10-21-7-5-6-12(21)11-23-13;/h12-13H,5-11H2,1-4H3,(H,20,22)(H2,17,18,19);1H. The largest absolute Gasteiger partial charge is 0.373 e. The van der Waals surface area contributed by atoms with Gasteiger partial charge in [0, 0.05) is 31.7 Å². The number of morpholine rings is 1. The van der Waals surface area contributed by atoms with Crippen molar-refractivity contribution in [2.45, 2.75) is 51.3 Å². The summed E-state index contributed by atoms with van der Waals surface area (Å²) < 4.78 is 5.91. The van der Waals surface area contributed by atoms with Crippen molar-refractivity contribution in [3.05, 3.63) is 0 Å². The zero-order chi connectivity index (χ0) is 16.9. The fourth-order valence-corrected chi connectivity index (χ4v) is 3.07. The minimum Gasteiger partial charge on any atom is -0.373 e. The highest BCUT2D eigenvalue weighted by Gasteiger charge is 2.32. The van der Waals surface area contributed by atoms with Gasteiger partial charge in [-0.2, -0.15) is 0 Å². The Morgan fingerprint density at radius 1 is 1.33 bits per heavy atom. The molecule has 24 heavy (non-hydrogen) atoms. The van der Waals surface area contributed by atoms with Gasteiger partial charge >= 0.3 is 0 Å². The summed E-state index contributed by atoms with van der Waals surface area (Å²) in [5.74, 6) is 0.579. The van der Waals surface area contributed by atoms with Crippen LogP contribution in [0.15, 0.2) is 4.99 Å². The lowest BCUT2D eigenvalue weighted by molar-refractivity contribution is -0.121. The average Bonchev–Trinajstić information content (AvgIpc) is 2.93. The predicted octanol–water partition coefficient (Wildman–Crippen LogP) is 0.547. The molecule has 2 fully saturated rings. The Kier molecular flexibility index (Phi) is 8.72. The fraction of sp³-hybridized carbons (Fsp3) is 0.875. The van der Waals surface area contributed by atoms with Crippen molar-refractivity contribution in [2.75, 3.05) is 39.8 Å². The van der Waals surface area contributed by atoms with Gasteiger partial charge in [0.1, 0.15) is 0 Å². The molecule has 0 saturated carbocycles. The number of hydrogen-bond donors (Lipinski definition) is 3. The van der Waals surface area contributed by atoms with Crippen LogP contribution in [0.3, 0.4) is 0 Å². The molecule has 2 heterocycles. The van der Waals surface area contributed by atoms with E-state index in [1.54, 1.807) is 7.05 Å². The normalized spacial score (nSPS) is 24.8. The summed E-state index contributed by atoms with van der Waals surface area (Å²) in [6.45, 7) is 9.77. The summed E-state index contributed by atoms with van der Waals surface area (Å²) in [6, 6.07) is 0.616. The molecule has 140 valence electrons. The van der Waals surface area contributed by atoms with Crippen molar-refractivity contribution in [3.8, 4) is 0 Å². The lowest BCUT2D eigenvalue weighted by Crippen LogP contribution is -2.52. The first kappa shape index (κ1) is 21.4. The van der Waals surface area contributed by atoms with Gasteiger partial charge in [-0.3, -0.25) is 14.7 Å². The Morgan fingerprint density at radius 3 is 2.75 bits per heavy atom. The summed E-state index contributed by atoms with van der Waals surface area (Å²) in [6.07, 6.45) is 2.71. The summed E-state index contributed by atoms with van der Waals surface area (Å²) in [5.41, 5.74) is -0.224. The molecule has 2 aliphatic heterocycles. The molecule has 0 spiro atoms. The van der Waals surface area contributed by atoms with Crippen LogP contribution in [0.25, 0.3) is 0 Å². The van der Waals surface area contributed by atoms with Gasteiger partial charge in [-0.05, 0) is 40.2 Å². The van der Waals surface area contributed by atoms with Crippen LogP contribution in [-0.4, -0.2) is 74.3 Å². The third-order valence-corrected chi connectivity index (χ3v) is 4.11. The second-order valence-corrected chi connectivity index (χ2v) is 7.35. The number of hydrogen-bond acceptors (Lipinski definition) is 4. The van der Waals surface area contributed by atoms with E-state index in [0.717, 1.165) is 13.2 Å². The SMILES string of the molecule is CN=C(NCC(=O)NC(C)(C)C)NCC1CN2CCCC2CO1.I. The number of carbonyl (C=O) groups is 1. The van der Waals surface area contributed by atoms with Crippen LogP contribution in [0.2, 0.25) is 0 Å². The minimum atomic E-state index is -0.224. The predicted molar refractivity (Wildman–Crippen MR) is 107 cm³/mol. The number of amides is 1. The van der Waals surface area contributed by atoms with Crippen molar-refractivity contribution >= 4 is 35.8 Å². The Labute approximate surface area is 162 Å². The van der Waals surface area contributed by atoms with Gasteiger partial charge in [0.2, 0.25) is 5.91 Å². The molecule has 3 N–H and O–H groups in total. The molecule has 0 aromatic heterocycles. The van der Waals surface area contributed by atoms with Gasteiger partial charge in [0.15, 0.2) is 5.96 Å². The quantitative estimate of drug-likeness (QED) is 0.329. The highest BCUT2D eigenvalue weighted by atomic mass is 127. The summed E-state index contributed by atoms with van der Waals surface area (Å²) in [4.78, 5) is 18.5. The van der Waals surface area contributed by atoms with Gasteiger partial charge in [-0.15, -0.1) is 24.0 Å². The molecule has 0 aliphatic carbocycles. The number of ether oxygens (including phenoxy) is 1. The van der Waals surface area contributed by atoms with Crippen LogP contribution in [0, 0.1) is 0 Å². The monoisotopic (exact) mass is 453 g/mol. The molecule has 0 aromatic rings. The number of halogens is 1. The van der Waals surface area contributed by atoms with Crippen molar-refractivity contribution in [2.24, 2.45) is 4.99 Å². The van der Waals surface area contributed by atoms with E-state index in [4.69, 9.17) is 4.74 Å². The van der Waals surface area contributed by atoms with Crippen LogP contribution in [0.4, 0.5) is 0 Å². The van der Waals surface area contributed by atoms with E-state index >= 15 is 0 Å². The first-order valence-electron chi connectivity index (χ1n) is 8.48. The van der Waals surface area contributed by atoms with Crippen LogP contribution in [0.1, 0.15) is 33.6 Å². The van der Waals surface area contributed by atoms with Gasteiger partial charge in [0.25, 0.3) is 0 Å². The molecule has 0 bridgehead atoms. The second kappa shape index (κ2) is 9.76. The van der Waals surface area contributed by atoms with E-state index in [-0.39, 0.29) is 48.1 Å². The zero-order valence-electron chi connectivity index (χ0n) is 15.2. The molecule has 2 aliphatic rings. The lowest BCUT2D eigenvalue weighted by atomic mass is 10.1. The van der Waals surface area contributed by atoms with Crippen LogP contribution < -0.4 is 16.0 Å². The van der Waals surface area contributed by atoms with Crippen molar-refractivity contribution < 1.29 is 9.53 Å². The van der Waals surface area contributed by atoms with Crippen molar-refractivity contribution in [1.29, 1.82) is 0 Å². The maximum Gasteiger partial charge on any atom is 0.239 e. The molecule has 8 heteroatoms. The number of guanidine groups is 1. The van der Waals surface area contributed by atoms with E-state index in [1.165, 1.54) is 19.4 Å². The second-order valence-electron chi connectivity index (χ2n) is 7.35. The van der Waals surface area contributed by atoms with E-state index in [0.29, 0.717) is 18.5 Å². The smallest absolute Gasteiger partial charge is 0.239 e. The minimum absolute atomic E-state index is 0. The lowest BCUT2D eigenvalue weighted by Gasteiger charge is -2.35. The van der Waals surface area contributed by atoms with Gasteiger partial charge in [-0.1, -0.05) is 0 Å². The van der Waals surface area contributed by atoms with E-state index in [1.807, 2.05) is 20.8 Å². The van der Waals surface area contributed by atoms with Gasteiger partial charge in [-0.25, -0.2) is 0 Å². The van der Waals surface area contributed by atoms with E-state index in [2.05, 4.69) is 25.8 Å². The first-order valence-corrected chi connectivity index (χ1v) is 8.48. The molecule has 0 aromatic carbocycles. The first-order chi connectivity index (χ1) is 10.9. The molecule has 1 amide bonds. The number of carbonyl (C=O) groups excluding carboxylic acids is 1. The van der Waals surface area contributed by atoms with Gasteiger partial charge in [0.05, 0.1) is 19.3 Å².